The number of thiophene rings is 1. The topological polar surface area (TPSA) is 50.2 Å². The predicted octanol–water partition coefficient (Wildman–Crippen LogP) is 2.06. The standard InChI is InChI=1S/C6H3NO2S2/c8-6(9)3-1-10-5-4(3)11-2-7-5/h1-2H,(H,8,9). The summed E-state index contributed by atoms with van der Waals surface area (Å²) in [4.78, 5) is 15.4. The first-order valence-electron chi connectivity index (χ1n) is 2.83. The van der Waals surface area contributed by atoms with E-state index in [1.54, 1.807) is 10.9 Å². The maximum Gasteiger partial charge on any atom is 0.338 e. The van der Waals surface area contributed by atoms with Crippen LogP contribution in [-0.2, 0) is 0 Å². The van der Waals surface area contributed by atoms with Crippen molar-refractivity contribution in [3.05, 3.63) is 16.5 Å². The summed E-state index contributed by atoms with van der Waals surface area (Å²) in [6.45, 7) is 0. The van der Waals surface area contributed by atoms with Gasteiger partial charge in [-0.25, -0.2) is 9.78 Å². The smallest absolute Gasteiger partial charge is 0.338 e. The van der Waals surface area contributed by atoms with Crippen LogP contribution in [0.4, 0.5) is 0 Å². The van der Waals surface area contributed by atoms with E-state index in [1.165, 1.54) is 22.7 Å². The van der Waals surface area contributed by atoms with Gasteiger partial charge in [-0.05, 0) is 0 Å². The molecule has 5 heteroatoms. The van der Waals surface area contributed by atoms with Crippen molar-refractivity contribution < 1.29 is 9.90 Å². The summed E-state index contributed by atoms with van der Waals surface area (Å²) in [5.74, 6) is -0.875. The molecule has 0 unspecified atom stereocenters. The van der Waals surface area contributed by atoms with Gasteiger partial charge in [0.2, 0.25) is 0 Å². The van der Waals surface area contributed by atoms with Gasteiger partial charge in [0.05, 0.1) is 15.8 Å². The lowest BCUT2D eigenvalue weighted by molar-refractivity contribution is 0.0699. The second kappa shape index (κ2) is 2.28. The molecule has 1 N–H and O–H groups in total. The van der Waals surface area contributed by atoms with Gasteiger partial charge in [-0.15, -0.1) is 22.7 Å². The Labute approximate surface area is 69.9 Å². The molecule has 0 spiro atoms. The maximum atomic E-state index is 10.6. The highest BCUT2D eigenvalue weighted by atomic mass is 32.1. The number of nitrogens with zero attached hydrogens (tertiary/aromatic N) is 1. The molecule has 2 aromatic heterocycles. The number of hydrogen-bond donors (Lipinski definition) is 1. The zero-order valence-electron chi connectivity index (χ0n) is 5.27. The Hall–Kier alpha value is -0.940. The number of carbonyl (C=O) groups is 1. The first-order valence-corrected chi connectivity index (χ1v) is 4.59. The summed E-state index contributed by atoms with van der Waals surface area (Å²) >= 11 is 2.73. The van der Waals surface area contributed by atoms with Crippen molar-refractivity contribution in [2.45, 2.75) is 0 Å². The summed E-state index contributed by atoms with van der Waals surface area (Å²) in [7, 11) is 0. The van der Waals surface area contributed by atoms with Gasteiger partial charge in [0.15, 0.2) is 0 Å². The van der Waals surface area contributed by atoms with Gasteiger partial charge in [0.25, 0.3) is 0 Å². The average molecular weight is 185 g/mol. The third-order valence-electron chi connectivity index (χ3n) is 1.30. The van der Waals surface area contributed by atoms with Crippen LogP contribution in [0.2, 0.25) is 0 Å². The minimum Gasteiger partial charge on any atom is -0.478 e. The zero-order chi connectivity index (χ0) is 7.84. The Morgan fingerprint density at radius 3 is 3.09 bits per heavy atom. The minimum absolute atomic E-state index is 0.368. The molecule has 2 heterocycles. The van der Waals surface area contributed by atoms with Gasteiger partial charge in [-0.1, -0.05) is 0 Å². The van der Waals surface area contributed by atoms with Gasteiger partial charge >= 0.3 is 5.97 Å². The van der Waals surface area contributed by atoms with Gasteiger partial charge < -0.3 is 5.11 Å². The highest BCUT2D eigenvalue weighted by Gasteiger charge is 2.11. The quantitative estimate of drug-likeness (QED) is 0.739. The van der Waals surface area contributed by atoms with E-state index in [4.69, 9.17) is 5.11 Å². The van der Waals surface area contributed by atoms with E-state index in [1.807, 2.05) is 0 Å². The van der Waals surface area contributed by atoms with Crippen molar-refractivity contribution in [2.24, 2.45) is 0 Å². The molecular formula is C6H3NO2S2. The number of carboxylic acid groups (broad SMARTS) is 1. The van der Waals surface area contributed by atoms with Crippen LogP contribution in [0.5, 0.6) is 0 Å². The van der Waals surface area contributed by atoms with E-state index >= 15 is 0 Å². The molecule has 0 aliphatic heterocycles. The molecule has 0 aliphatic rings. The van der Waals surface area contributed by atoms with E-state index in [0.717, 1.165) is 9.53 Å². The molecule has 0 bridgehead atoms. The molecule has 2 rings (SSSR count). The lowest BCUT2D eigenvalue weighted by Crippen LogP contribution is -1.91. The van der Waals surface area contributed by atoms with Gasteiger partial charge in [-0.3, -0.25) is 0 Å². The molecule has 0 saturated heterocycles. The molecule has 0 amide bonds. The van der Waals surface area contributed by atoms with Crippen molar-refractivity contribution >= 4 is 38.2 Å². The Morgan fingerprint density at radius 2 is 2.36 bits per heavy atom. The number of aromatic carboxylic acids is 1. The predicted molar refractivity (Wildman–Crippen MR) is 44.5 cm³/mol. The summed E-state index contributed by atoms with van der Waals surface area (Å²) in [6.07, 6.45) is 0. The summed E-state index contributed by atoms with van der Waals surface area (Å²) in [5, 5.41) is 10.3. The molecule has 2 aromatic rings. The van der Waals surface area contributed by atoms with Crippen LogP contribution in [0, 0.1) is 0 Å². The summed E-state index contributed by atoms with van der Waals surface area (Å²) in [6, 6.07) is 0. The van der Waals surface area contributed by atoms with Crippen LogP contribution in [0.15, 0.2) is 10.9 Å². The highest BCUT2D eigenvalue weighted by Crippen LogP contribution is 2.27. The number of aromatic nitrogens is 1. The van der Waals surface area contributed by atoms with E-state index in [-0.39, 0.29) is 0 Å². The van der Waals surface area contributed by atoms with Crippen LogP contribution in [-0.4, -0.2) is 16.1 Å². The molecule has 56 valence electrons. The molecule has 0 fully saturated rings. The molecule has 0 saturated carbocycles. The zero-order valence-corrected chi connectivity index (χ0v) is 6.91. The fourth-order valence-corrected chi connectivity index (χ4v) is 2.71. The number of fused-ring (bicyclic) bond motifs is 1. The SMILES string of the molecule is O=C(O)c1csc2ncsc12. The van der Waals surface area contributed by atoms with Crippen molar-refractivity contribution in [3.63, 3.8) is 0 Å². The number of carboxylic acids is 1. The van der Waals surface area contributed by atoms with Crippen LogP contribution in [0.25, 0.3) is 9.53 Å². The normalized spacial score (nSPS) is 10.5. The van der Waals surface area contributed by atoms with Crippen LogP contribution < -0.4 is 0 Å². The van der Waals surface area contributed by atoms with Crippen LogP contribution in [0.3, 0.4) is 0 Å². The first kappa shape index (κ1) is 6.75. The second-order valence-corrected chi connectivity index (χ2v) is 3.65. The first-order chi connectivity index (χ1) is 5.29. The lowest BCUT2D eigenvalue weighted by atomic mass is 10.3. The monoisotopic (exact) mass is 185 g/mol. The molecule has 0 aliphatic carbocycles. The highest BCUT2D eigenvalue weighted by molar-refractivity contribution is 7.25. The minimum atomic E-state index is -0.875. The van der Waals surface area contributed by atoms with Gasteiger partial charge in [-0.2, -0.15) is 0 Å². The lowest BCUT2D eigenvalue weighted by Gasteiger charge is -1.82. The third-order valence-corrected chi connectivity index (χ3v) is 3.17. The van der Waals surface area contributed by atoms with E-state index in [2.05, 4.69) is 4.98 Å². The van der Waals surface area contributed by atoms with Crippen molar-refractivity contribution in [2.75, 3.05) is 0 Å². The van der Waals surface area contributed by atoms with Gasteiger partial charge in [0, 0.05) is 5.38 Å². The fourth-order valence-electron chi connectivity index (χ4n) is 0.814. The van der Waals surface area contributed by atoms with Crippen molar-refractivity contribution in [3.8, 4) is 0 Å². The van der Waals surface area contributed by atoms with Crippen LogP contribution in [0.1, 0.15) is 10.4 Å². The molecule has 0 atom stereocenters. The second-order valence-electron chi connectivity index (χ2n) is 1.94. The van der Waals surface area contributed by atoms with Gasteiger partial charge in [0.1, 0.15) is 4.83 Å². The Kier molecular flexibility index (Phi) is 1.40. The largest absolute Gasteiger partial charge is 0.478 e. The molecule has 0 aromatic carbocycles. The number of rotatable bonds is 1. The van der Waals surface area contributed by atoms with E-state index in [9.17, 15) is 4.79 Å². The molecule has 0 radical (unpaired) electrons. The fraction of sp³-hybridized carbons (Fsp3) is 0. The molecule has 3 nitrogen and oxygen atoms in total. The van der Waals surface area contributed by atoms with Crippen molar-refractivity contribution in [1.29, 1.82) is 0 Å². The van der Waals surface area contributed by atoms with E-state index < -0.39 is 5.97 Å². The van der Waals surface area contributed by atoms with E-state index in [0.29, 0.717) is 5.56 Å². The Bertz CT molecular complexity index is 403. The Morgan fingerprint density at radius 1 is 1.55 bits per heavy atom. The van der Waals surface area contributed by atoms with Crippen molar-refractivity contribution in [1.82, 2.24) is 4.98 Å². The Balaban J connectivity index is 2.78. The third kappa shape index (κ3) is 0.928. The summed E-state index contributed by atoms with van der Waals surface area (Å²) < 4.78 is 0.780. The summed E-state index contributed by atoms with van der Waals surface area (Å²) in [5.41, 5.74) is 2.03. The average Bonchev–Trinajstić information content (AvgIpc) is 2.41. The van der Waals surface area contributed by atoms with Crippen LogP contribution >= 0.6 is 22.7 Å². The number of hydrogen-bond acceptors (Lipinski definition) is 4. The maximum absolute atomic E-state index is 10.6. The molecular weight excluding hydrogens is 182 g/mol. The number of thiazole rings is 1. The molecule has 11 heavy (non-hydrogen) atoms.